The first-order chi connectivity index (χ1) is 15.1. The molecular weight excluding hydrogens is 420 g/mol. The molecule has 3 amide bonds. The Labute approximate surface area is 186 Å². The van der Waals surface area contributed by atoms with Crippen LogP contribution in [0, 0.1) is 5.92 Å². The predicted molar refractivity (Wildman–Crippen MR) is 115 cm³/mol. The molecule has 1 aromatic rings. The average molecular weight is 453 g/mol. The molecule has 178 valence electrons. The Bertz CT molecular complexity index is 773. The van der Waals surface area contributed by atoms with Gasteiger partial charge in [0.05, 0.1) is 19.3 Å². The average Bonchev–Trinajstić information content (AvgIpc) is 2.74. The van der Waals surface area contributed by atoms with E-state index in [1.54, 1.807) is 30.3 Å². The molecule has 4 atom stereocenters. The van der Waals surface area contributed by atoms with Crippen molar-refractivity contribution in [2.45, 2.75) is 50.9 Å². The molecule has 0 fully saturated rings. The van der Waals surface area contributed by atoms with Crippen molar-refractivity contribution in [3.05, 3.63) is 35.9 Å². The molecule has 0 aliphatic carbocycles. The lowest BCUT2D eigenvalue weighted by Gasteiger charge is -2.24. The molecule has 32 heavy (non-hydrogen) atoms. The van der Waals surface area contributed by atoms with Crippen molar-refractivity contribution in [3.8, 4) is 0 Å². The summed E-state index contributed by atoms with van der Waals surface area (Å²) in [6, 6.07) is 3.63. The van der Waals surface area contributed by atoms with Crippen molar-refractivity contribution in [2.24, 2.45) is 11.7 Å². The van der Waals surface area contributed by atoms with Crippen LogP contribution in [0.2, 0.25) is 0 Å². The van der Waals surface area contributed by atoms with E-state index in [4.69, 9.17) is 15.9 Å². The summed E-state index contributed by atoms with van der Waals surface area (Å²) in [4.78, 5) is 48.7. The summed E-state index contributed by atoms with van der Waals surface area (Å²) in [5.41, 5.74) is 6.48. The third-order valence-electron chi connectivity index (χ3n) is 4.59. The number of aliphatic hydroxyl groups is 2. The fraction of sp³-hybridized carbons (Fsp3) is 0.524. The molecule has 0 saturated carbocycles. The molecule has 11 heteroatoms. The Morgan fingerprint density at radius 3 is 1.84 bits per heavy atom. The lowest BCUT2D eigenvalue weighted by Crippen LogP contribution is -2.58. The van der Waals surface area contributed by atoms with E-state index in [2.05, 4.69) is 16.0 Å². The zero-order chi connectivity index (χ0) is 24.3. The topological polar surface area (TPSA) is 191 Å². The normalized spacial score (nSPS) is 14.7. The van der Waals surface area contributed by atoms with E-state index in [0.717, 1.165) is 0 Å². The number of carboxylic acids is 1. The van der Waals surface area contributed by atoms with Crippen molar-refractivity contribution in [3.63, 3.8) is 0 Å². The highest BCUT2D eigenvalue weighted by Crippen LogP contribution is 2.06. The zero-order valence-electron chi connectivity index (χ0n) is 18.2. The number of rotatable bonds is 13. The van der Waals surface area contributed by atoms with Gasteiger partial charge < -0.3 is 37.0 Å². The Balaban J connectivity index is 2.95. The highest BCUT2D eigenvalue weighted by molar-refractivity contribution is 5.94. The Morgan fingerprint density at radius 1 is 0.844 bits per heavy atom. The lowest BCUT2D eigenvalue weighted by atomic mass is 10.0. The number of aliphatic hydroxyl groups excluding tert-OH is 2. The molecule has 4 unspecified atom stereocenters. The second kappa shape index (κ2) is 13.4. The Morgan fingerprint density at radius 2 is 1.34 bits per heavy atom. The van der Waals surface area contributed by atoms with Crippen LogP contribution in [-0.4, -0.2) is 76.4 Å². The van der Waals surface area contributed by atoms with Crippen LogP contribution in [0.5, 0.6) is 0 Å². The van der Waals surface area contributed by atoms with Crippen LogP contribution in [0.3, 0.4) is 0 Å². The van der Waals surface area contributed by atoms with Crippen LogP contribution in [0.15, 0.2) is 30.3 Å². The number of carbonyl (C=O) groups is 4. The summed E-state index contributed by atoms with van der Waals surface area (Å²) >= 11 is 0. The van der Waals surface area contributed by atoms with Crippen molar-refractivity contribution >= 4 is 23.7 Å². The number of amides is 3. The first-order valence-electron chi connectivity index (χ1n) is 10.2. The van der Waals surface area contributed by atoms with Gasteiger partial charge in [-0.3, -0.25) is 14.4 Å². The molecular formula is C21H32N4O7. The molecule has 0 radical (unpaired) electrons. The fourth-order valence-corrected chi connectivity index (χ4v) is 2.88. The number of aliphatic carboxylic acids is 1. The van der Waals surface area contributed by atoms with Crippen LogP contribution >= 0.6 is 0 Å². The first kappa shape index (κ1) is 27.0. The maximum atomic E-state index is 12.7. The standard InChI is InChI=1S/C21H32N4O7/c1-12(2)8-14(22)18(28)24-16(10-26)20(30)23-15(9-13-6-4-3-5-7-13)19(29)25-17(11-27)21(31)32/h3-7,12,14-17,26-27H,8-11,22H2,1-2H3,(H,23,30)(H,24,28)(H,25,29)(H,31,32). The Hall–Kier alpha value is -3.02. The fourth-order valence-electron chi connectivity index (χ4n) is 2.88. The summed E-state index contributed by atoms with van der Waals surface area (Å²) in [7, 11) is 0. The smallest absolute Gasteiger partial charge is 0.328 e. The molecule has 1 rings (SSSR count). The highest BCUT2D eigenvalue weighted by Gasteiger charge is 2.30. The predicted octanol–water partition coefficient (Wildman–Crippen LogP) is -1.87. The van der Waals surface area contributed by atoms with Gasteiger partial charge in [0.15, 0.2) is 0 Å². The number of nitrogens with two attached hydrogens (primary N) is 1. The molecule has 0 saturated heterocycles. The van der Waals surface area contributed by atoms with Crippen molar-refractivity contribution in [1.82, 2.24) is 16.0 Å². The van der Waals surface area contributed by atoms with E-state index >= 15 is 0 Å². The van der Waals surface area contributed by atoms with Crippen LogP contribution in [0.25, 0.3) is 0 Å². The maximum Gasteiger partial charge on any atom is 0.328 e. The number of carboxylic acid groups (broad SMARTS) is 1. The number of carbonyl (C=O) groups excluding carboxylic acids is 3. The third kappa shape index (κ3) is 9.00. The van der Waals surface area contributed by atoms with E-state index < -0.39 is 61.1 Å². The quantitative estimate of drug-likeness (QED) is 0.181. The molecule has 0 aliphatic heterocycles. The lowest BCUT2D eigenvalue weighted by molar-refractivity contribution is -0.143. The van der Waals surface area contributed by atoms with Crippen molar-refractivity contribution in [2.75, 3.05) is 13.2 Å². The van der Waals surface area contributed by atoms with Gasteiger partial charge in [-0.2, -0.15) is 0 Å². The van der Waals surface area contributed by atoms with E-state index in [9.17, 15) is 24.3 Å². The number of nitrogens with one attached hydrogen (secondary N) is 3. The molecule has 11 nitrogen and oxygen atoms in total. The monoisotopic (exact) mass is 452 g/mol. The molecule has 0 heterocycles. The van der Waals surface area contributed by atoms with Crippen LogP contribution in [0.4, 0.5) is 0 Å². The summed E-state index contributed by atoms with van der Waals surface area (Å²) in [5.74, 6) is -3.61. The molecule has 8 N–H and O–H groups in total. The number of benzene rings is 1. The van der Waals surface area contributed by atoms with Gasteiger partial charge in [0.1, 0.15) is 18.1 Å². The SMILES string of the molecule is CC(C)CC(N)C(=O)NC(CO)C(=O)NC(Cc1ccccc1)C(=O)NC(CO)C(=O)O. The van der Waals surface area contributed by atoms with E-state index in [0.29, 0.717) is 12.0 Å². The number of hydrogen-bond donors (Lipinski definition) is 7. The van der Waals surface area contributed by atoms with Gasteiger partial charge in [0.2, 0.25) is 17.7 Å². The van der Waals surface area contributed by atoms with Crippen LogP contribution in [-0.2, 0) is 25.6 Å². The molecule has 1 aromatic carbocycles. The minimum absolute atomic E-state index is 0.00907. The van der Waals surface area contributed by atoms with Crippen molar-refractivity contribution < 1.29 is 34.5 Å². The molecule has 0 bridgehead atoms. The van der Waals surface area contributed by atoms with Gasteiger partial charge in [-0.15, -0.1) is 0 Å². The minimum Gasteiger partial charge on any atom is -0.480 e. The van der Waals surface area contributed by atoms with Gasteiger partial charge in [-0.05, 0) is 17.9 Å². The zero-order valence-corrected chi connectivity index (χ0v) is 18.2. The van der Waals surface area contributed by atoms with Crippen LogP contribution < -0.4 is 21.7 Å². The summed E-state index contributed by atoms with van der Waals surface area (Å²) < 4.78 is 0. The summed E-state index contributed by atoms with van der Waals surface area (Å²) in [5, 5.41) is 34.7. The first-order valence-corrected chi connectivity index (χ1v) is 10.2. The number of hydrogen-bond acceptors (Lipinski definition) is 7. The second-order valence-electron chi connectivity index (χ2n) is 7.81. The Kier molecular flexibility index (Phi) is 11.3. The van der Waals surface area contributed by atoms with E-state index in [1.165, 1.54) is 0 Å². The van der Waals surface area contributed by atoms with E-state index in [-0.39, 0.29) is 12.3 Å². The third-order valence-corrected chi connectivity index (χ3v) is 4.59. The van der Waals surface area contributed by atoms with Gasteiger partial charge in [-0.1, -0.05) is 44.2 Å². The van der Waals surface area contributed by atoms with Crippen LogP contribution in [0.1, 0.15) is 25.8 Å². The van der Waals surface area contributed by atoms with Gasteiger partial charge in [0.25, 0.3) is 0 Å². The van der Waals surface area contributed by atoms with Crippen molar-refractivity contribution in [1.29, 1.82) is 0 Å². The van der Waals surface area contributed by atoms with Gasteiger partial charge in [-0.25, -0.2) is 4.79 Å². The molecule has 0 spiro atoms. The van der Waals surface area contributed by atoms with Gasteiger partial charge in [0, 0.05) is 6.42 Å². The van der Waals surface area contributed by atoms with Gasteiger partial charge >= 0.3 is 5.97 Å². The summed E-state index contributed by atoms with van der Waals surface area (Å²) in [6.07, 6.45) is 0.386. The minimum atomic E-state index is -1.56. The maximum absolute atomic E-state index is 12.7. The van der Waals surface area contributed by atoms with E-state index in [1.807, 2.05) is 13.8 Å². The largest absolute Gasteiger partial charge is 0.480 e. The highest BCUT2D eigenvalue weighted by atomic mass is 16.4. The molecule has 0 aromatic heterocycles. The molecule has 0 aliphatic rings. The summed E-state index contributed by atoms with van der Waals surface area (Å²) in [6.45, 7) is 2.19. The second-order valence-corrected chi connectivity index (χ2v) is 7.81.